The Morgan fingerprint density at radius 3 is 2.86 bits per heavy atom. The fraction of sp³-hybridized carbons (Fsp3) is 0.529. The van der Waals surface area contributed by atoms with Crippen molar-refractivity contribution in [2.75, 3.05) is 24.5 Å². The molecule has 0 saturated carbocycles. The number of para-hydroxylation sites is 2. The monoisotopic (exact) mass is 301 g/mol. The van der Waals surface area contributed by atoms with Crippen LogP contribution >= 0.6 is 0 Å². The summed E-state index contributed by atoms with van der Waals surface area (Å²) in [6.07, 6.45) is 3.65. The van der Waals surface area contributed by atoms with Gasteiger partial charge < -0.3 is 14.6 Å². The zero-order chi connectivity index (χ0) is 15.4. The van der Waals surface area contributed by atoms with Crippen LogP contribution in [0, 0.1) is 5.92 Å². The second-order valence-electron chi connectivity index (χ2n) is 5.95. The summed E-state index contributed by atoms with van der Waals surface area (Å²) in [5.41, 5.74) is 1.75. The van der Waals surface area contributed by atoms with E-state index in [9.17, 15) is 4.79 Å². The molecule has 5 heteroatoms. The van der Waals surface area contributed by atoms with Crippen molar-refractivity contribution in [2.45, 2.75) is 32.6 Å². The summed E-state index contributed by atoms with van der Waals surface area (Å²) in [7, 11) is 0. The number of anilines is 1. The molecular formula is C17H23N3O2. The number of nitrogens with one attached hydrogen (secondary N) is 1. The van der Waals surface area contributed by atoms with Gasteiger partial charge in [-0.1, -0.05) is 19.1 Å². The predicted molar refractivity (Wildman–Crippen MR) is 86.9 cm³/mol. The number of oxazole rings is 1. The third-order valence-corrected chi connectivity index (χ3v) is 4.23. The van der Waals surface area contributed by atoms with Gasteiger partial charge in [0, 0.05) is 26.1 Å². The van der Waals surface area contributed by atoms with Crippen LogP contribution in [0.15, 0.2) is 28.7 Å². The van der Waals surface area contributed by atoms with E-state index >= 15 is 0 Å². The van der Waals surface area contributed by atoms with Crippen molar-refractivity contribution in [2.24, 2.45) is 5.92 Å². The minimum atomic E-state index is 0.170. The van der Waals surface area contributed by atoms with E-state index in [0.29, 0.717) is 12.3 Å². The summed E-state index contributed by atoms with van der Waals surface area (Å²) < 4.78 is 5.82. The maximum atomic E-state index is 11.5. The van der Waals surface area contributed by atoms with Gasteiger partial charge in [0.2, 0.25) is 5.91 Å². The smallest absolute Gasteiger partial charge is 0.298 e. The highest BCUT2D eigenvalue weighted by molar-refractivity contribution is 5.75. The van der Waals surface area contributed by atoms with Crippen LogP contribution in [0.5, 0.6) is 0 Å². The number of hydrogen-bond donors (Lipinski definition) is 1. The summed E-state index contributed by atoms with van der Waals surface area (Å²) in [6, 6.07) is 8.57. The van der Waals surface area contributed by atoms with E-state index in [4.69, 9.17) is 4.42 Å². The molecular weight excluding hydrogens is 278 g/mol. The SMILES string of the molecule is CCCC(=O)NCC1CCN(c2nc3ccccc3o2)CC1. The number of aromatic nitrogens is 1. The van der Waals surface area contributed by atoms with Crippen LogP contribution in [0.2, 0.25) is 0 Å². The van der Waals surface area contributed by atoms with Crippen LogP contribution in [0.3, 0.4) is 0 Å². The fourth-order valence-corrected chi connectivity index (χ4v) is 2.90. The summed E-state index contributed by atoms with van der Waals surface area (Å²) in [5, 5.41) is 3.03. The van der Waals surface area contributed by atoms with Gasteiger partial charge in [0.25, 0.3) is 6.01 Å². The van der Waals surface area contributed by atoms with Crippen LogP contribution < -0.4 is 10.2 Å². The minimum Gasteiger partial charge on any atom is -0.423 e. The first-order valence-corrected chi connectivity index (χ1v) is 8.13. The molecule has 1 aliphatic rings. The normalized spacial score (nSPS) is 16.1. The number of carbonyl (C=O) groups is 1. The topological polar surface area (TPSA) is 58.4 Å². The Morgan fingerprint density at radius 2 is 2.14 bits per heavy atom. The lowest BCUT2D eigenvalue weighted by Gasteiger charge is -2.30. The van der Waals surface area contributed by atoms with Crippen LogP contribution in [-0.4, -0.2) is 30.5 Å². The molecule has 22 heavy (non-hydrogen) atoms. The van der Waals surface area contributed by atoms with Gasteiger partial charge in [-0.05, 0) is 37.3 Å². The van der Waals surface area contributed by atoms with Crippen molar-refractivity contribution in [3.63, 3.8) is 0 Å². The maximum Gasteiger partial charge on any atom is 0.298 e. The zero-order valence-corrected chi connectivity index (χ0v) is 13.0. The highest BCUT2D eigenvalue weighted by Gasteiger charge is 2.22. The molecule has 0 spiro atoms. The Hall–Kier alpha value is -2.04. The standard InChI is InChI=1S/C17H23N3O2/c1-2-5-16(21)18-12-13-8-10-20(11-9-13)17-19-14-6-3-4-7-15(14)22-17/h3-4,6-7,13H,2,5,8-12H2,1H3,(H,18,21). The van der Waals surface area contributed by atoms with Gasteiger partial charge in [0.15, 0.2) is 5.58 Å². The number of nitrogens with zero attached hydrogens (tertiary/aromatic N) is 2. The van der Waals surface area contributed by atoms with E-state index in [1.54, 1.807) is 0 Å². The maximum absolute atomic E-state index is 11.5. The highest BCUT2D eigenvalue weighted by atomic mass is 16.4. The number of carbonyl (C=O) groups excluding carboxylic acids is 1. The van der Waals surface area contributed by atoms with Crippen LogP contribution in [0.1, 0.15) is 32.6 Å². The summed E-state index contributed by atoms with van der Waals surface area (Å²) >= 11 is 0. The summed E-state index contributed by atoms with van der Waals surface area (Å²) in [6.45, 7) is 4.68. The van der Waals surface area contributed by atoms with E-state index in [1.807, 2.05) is 31.2 Å². The quantitative estimate of drug-likeness (QED) is 0.922. The number of fused-ring (bicyclic) bond motifs is 1. The molecule has 0 atom stereocenters. The molecule has 118 valence electrons. The Kier molecular flexibility index (Phi) is 4.61. The summed E-state index contributed by atoms with van der Waals surface area (Å²) in [4.78, 5) is 18.3. The van der Waals surface area contributed by atoms with Gasteiger partial charge >= 0.3 is 0 Å². The largest absolute Gasteiger partial charge is 0.423 e. The first kappa shape index (κ1) is 14.9. The minimum absolute atomic E-state index is 0.170. The third-order valence-electron chi connectivity index (χ3n) is 4.23. The van der Waals surface area contributed by atoms with Crippen LogP contribution in [0.25, 0.3) is 11.1 Å². The molecule has 1 fully saturated rings. The van der Waals surface area contributed by atoms with E-state index in [1.165, 1.54) is 0 Å². The molecule has 2 heterocycles. The van der Waals surface area contributed by atoms with E-state index in [2.05, 4.69) is 15.2 Å². The fourth-order valence-electron chi connectivity index (χ4n) is 2.90. The molecule has 5 nitrogen and oxygen atoms in total. The van der Waals surface area contributed by atoms with Gasteiger partial charge in [-0.15, -0.1) is 0 Å². The molecule has 1 N–H and O–H groups in total. The first-order valence-electron chi connectivity index (χ1n) is 8.13. The Bertz CT molecular complexity index is 597. The Balaban J connectivity index is 1.52. The number of piperidine rings is 1. The van der Waals surface area contributed by atoms with Crippen molar-refractivity contribution in [3.8, 4) is 0 Å². The molecule has 1 aromatic carbocycles. The second-order valence-corrected chi connectivity index (χ2v) is 5.95. The molecule has 3 rings (SSSR count). The lowest BCUT2D eigenvalue weighted by atomic mass is 9.97. The Labute approximate surface area is 130 Å². The predicted octanol–water partition coefficient (Wildman–Crippen LogP) is 2.96. The molecule has 0 unspecified atom stereocenters. The van der Waals surface area contributed by atoms with Gasteiger partial charge in [-0.3, -0.25) is 4.79 Å². The van der Waals surface area contributed by atoms with Crippen molar-refractivity contribution in [1.82, 2.24) is 10.3 Å². The van der Waals surface area contributed by atoms with Crippen molar-refractivity contribution >= 4 is 23.0 Å². The van der Waals surface area contributed by atoms with Crippen LogP contribution in [-0.2, 0) is 4.79 Å². The number of amides is 1. The number of benzene rings is 1. The second kappa shape index (κ2) is 6.81. The third kappa shape index (κ3) is 3.40. The molecule has 0 radical (unpaired) electrons. The highest BCUT2D eigenvalue weighted by Crippen LogP contribution is 2.25. The number of hydrogen-bond acceptors (Lipinski definition) is 4. The molecule has 0 aliphatic carbocycles. The lowest BCUT2D eigenvalue weighted by Crippen LogP contribution is -2.38. The molecule has 1 saturated heterocycles. The van der Waals surface area contributed by atoms with Gasteiger partial charge in [0.05, 0.1) is 0 Å². The molecule has 1 aliphatic heterocycles. The van der Waals surface area contributed by atoms with Gasteiger partial charge in [0.1, 0.15) is 5.52 Å². The van der Waals surface area contributed by atoms with Crippen LogP contribution in [0.4, 0.5) is 6.01 Å². The molecule has 0 bridgehead atoms. The lowest BCUT2D eigenvalue weighted by molar-refractivity contribution is -0.121. The van der Waals surface area contributed by atoms with Gasteiger partial charge in [-0.2, -0.15) is 4.98 Å². The zero-order valence-electron chi connectivity index (χ0n) is 13.0. The van der Waals surface area contributed by atoms with E-state index in [0.717, 1.165) is 56.0 Å². The first-order chi connectivity index (χ1) is 10.8. The summed E-state index contributed by atoms with van der Waals surface area (Å²) in [5.74, 6) is 0.727. The average molecular weight is 301 g/mol. The molecule has 1 amide bonds. The molecule has 1 aromatic heterocycles. The van der Waals surface area contributed by atoms with Crippen molar-refractivity contribution < 1.29 is 9.21 Å². The number of rotatable bonds is 5. The van der Waals surface area contributed by atoms with E-state index in [-0.39, 0.29) is 5.91 Å². The van der Waals surface area contributed by atoms with Crippen molar-refractivity contribution in [1.29, 1.82) is 0 Å². The average Bonchev–Trinajstić information content (AvgIpc) is 2.98. The van der Waals surface area contributed by atoms with E-state index < -0.39 is 0 Å². The molecule has 2 aromatic rings. The van der Waals surface area contributed by atoms with Crippen molar-refractivity contribution in [3.05, 3.63) is 24.3 Å². The van der Waals surface area contributed by atoms with Gasteiger partial charge in [-0.25, -0.2) is 0 Å². The Morgan fingerprint density at radius 1 is 1.36 bits per heavy atom.